The van der Waals surface area contributed by atoms with Gasteiger partial charge >= 0.3 is 5.97 Å². The van der Waals surface area contributed by atoms with Crippen LogP contribution in [0.2, 0.25) is 0 Å². The van der Waals surface area contributed by atoms with Crippen LogP contribution in [0.3, 0.4) is 0 Å². The van der Waals surface area contributed by atoms with Crippen molar-refractivity contribution in [2.75, 3.05) is 0 Å². The first-order valence-corrected chi connectivity index (χ1v) is 11.0. The van der Waals surface area contributed by atoms with Gasteiger partial charge in [0.15, 0.2) is 6.10 Å². The molecule has 0 unspecified atom stereocenters. The van der Waals surface area contributed by atoms with Crippen LogP contribution in [0.25, 0.3) is 0 Å². The van der Waals surface area contributed by atoms with Crippen molar-refractivity contribution >= 4 is 33.7 Å². The lowest BCUT2D eigenvalue weighted by Crippen LogP contribution is -2.50. The fourth-order valence-electron chi connectivity index (χ4n) is 3.31. The van der Waals surface area contributed by atoms with Gasteiger partial charge in [-0.05, 0) is 29.3 Å². The van der Waals surface area contributed by atoms with Crippen molar-refractivity contribution in [3.8, 4) is 0 Å². The zero-order valence-electron chi connectivity index (χ0n) is 17.5. The van der Waals surface area contributed by atoms with E-state index >= 15 is 0 Å². The summed E-state index contributed by atoms with van der Waals surface area (Å²) in [7, 11) is 0. The Kier molecular flexibility index (Phi) is 8.34. The van der Waals surface area contributed by atoms with Gasteiger partial charge in [0.2, 0.25) is 0 Å². The van der Waals surface area contributed by atoms with Gasteiger partial charge in [-0.25, -0.2) is 4.79 Å². The Balaban J connectivity index is 1.79. The van der Waals surface area contributed by atoms with Crippen LogP contribution in [0, 0.1) is 0 Å². The first-order valence-electron chi connectivity index (χ1n) is 10.2. The van der Waals surface area contributed by atoms with Gasteiger partial charge in [0, 0.05) is 16.5 Å². The number of aliphatic carboxylic acids is 1. The molecule has 0 aliphatic carbocycles. The Morgan fingerprint density at radius 1 is 0.818 bits per heavy atom. The molecule has 3 aromatic carbocycles. The van der Waals surface area contributed by atoms with Crippen LogP contribution in [-0.4, -0.2) is 40.1 Å². The molecule has 2 amide bonds. The van der Waals surface area contributed by atoms with Crippen LogP contribution in [0.4, 0.5) is 0 Å². The smallest absolute Gasteiger partial charge is 0.326 e. The number of carboxylic acid groups (broad SMARTS) is 1. The summed E-state index contributed by atoms with van der Waals surface area (Å²) in [6, 6.07) is 21.7. The highest BCUT2D eigenvalue weighted by molar-refractivity contribution is 9.10. The summed E-state index contributed by atoms with van der Waals surface area (Å²) in [4.78, 5) is 37.4. The Bertz CT molecular complexity index is 1110. The van der Waals surface area contributed by atoms with Gasteiger partial charge in [0.05, 0.1) is 6.04 Å². The molecule has 4 N–H and O–H groups in total. The maximum Gasteiger partial charge on any atom is 0.326 e. The second-order valence-corrected chi connectivity index (χ2v) is 8.22. The highest BCUT2D eigenvalue weighted by atomic mass is 79.9. The molecule has 0 saturated heterocycles. The lowest BCUT2D eigenvalue weighted by molar-refractivity contribution is -0.143. The number of aliphatic hydroxyl groups excluding tert-OH is 1. The number of carbonyl (C=O) groups excluding carboxylic acids is 2. The highest BCUT2D eigenvalue weighted by Crippen LogP contribution is 2.20. The van der Waals surface area contributed by atoms with Gasteiger partial charge in [-0.15, -0.1) is 0 Å². The van der Waals surface area contributed by atoms with Gasteiger partial charge in [-0.2, -0.15) is 0 Å². The fourth-order valence-corrected chi connectivity index (χ4v) is 3.76. The van der Waals surface area contributed by atoms with Gasteiger partial charge < -0.3 is 20.8 Å². The van der Waals surface area contributed by atoms with Crippen LogP contribution in [-0.2, 0) is 16.0 Å². The Morgan fingerprint density at radius 3 is 2.00 bits per heavy atom. The van der Waals surface area contributed by atoms with Gasteiger partial charge in [-0.3, -0.25) is 9.59 Å². The van der Waals surface area contributed by atoms with Crippen molar-refractivity contribution in [3.05, 3.63) is 106 Å². The Labute approximate surface area is 199 Å². The topological polar surface area (TPSA) is 116 Å². The second-order valence-electron chi connectivity index (χ2n) is 7.37. The minimum absolute atomic E-state index is 0.0155. The molecular formula is C25H23BrN2O5. The maximum atomic E-state index is 12.9. The minimum Gasteiger partial charge on any atom is -0.480 e. The SMILES string of the molecule is O=C(N[C@@H](c1ccccc1)[C@@H](O)C(=O)N[C@H](Cc1ccccc1Br)C(=O)O)c1ccccc1. The maximum absolute atomic E-state index is 12.9. The third-order valence-corrected chi connectivity index (χ3v) is 5.84. The molecule has 0 fully saturated rings. The summed E-state index contributed by atoms with van der Waals surface area (Å²) < 4.78 is 0.711. The molecule has 0 aliphatic heterocycles. The number of benzene rings is 3. The average Bonchev–Trinajstić information content (AvgIpc) is 2.83. The predicted molar refractivity (Wildman–Crippen MR) is 127 cm³/mol. The number of nitrogens with one attached hydrogen (secondary N) is 2. The van der Waals surface area contributed by atoms with E-state index in [-0.39, 0.29) is 6.42 Å². The molecule has 0 aliphatic rings. The molecule has 3 aromatic rings. The quantitative estimate of drug-likeness (QED) is 0.353. The molecule has 8 heteroatoms. The zero-order valence-corrected chi connectivity index (χ0v) is 19.1. The lowest BCUT2D eigenvalue weighted by Gasteiger charge is -2.25. The molecule has 0 saturated carbocycles. The van der Waals surface area contributed by atoms with E-state index in [0.717, 1.165) is 0 Å². The third kappa shape index (κ3) is 6.50. The van der Waals surface area contributed by atoms with E-state index in [2.05, 4.69) is 26.6 Å². The van der Waals surface area contributed by atoms with Crippen molar-refractivity contribution in [1.29, 1.82) is 0 Å². The van der Waals surface area contributed by atoms with Crippen molar-refractivity contribution in [2.45, 2.75) is 24.6 Å². The Morgan fingerprint density at radius 2 is 1.39 bits per heavy atom. The molecule has 0 heterocycles. The summed E-state index contributed by atoms with van der Waals surface area (Å²) in [6.45, 7) is 0. The first-order chi connectivity index (χ1) is 15.9. The number of hydrogen-bond donors (Lipinski definition) is 4. The molecule has 3 rings (SSSR count). The number of carbonyl (C=O) groups is 3. The monoisotopic (exact) mass is 510 g/mol. The molecule has 33 heavy (non-hydrogen) atoms. The van der Waals surface area contributed by atoms with Crippen molar-refractivity contribution in [2.24, 2.45) is 0 Å². The normalized spacial score (nSPS) is 13.4. The van der Waals surface area contributed by atoms with Gasteiger partial charge in [-0.1, -0.05) is 82.7 Å². The molecule has 0 radical (unpaired) electrons. The van der Waals surface area contributed by atoms with E-state index in [4.69, 9.17) is 0 Å². The van der Waals surface area contributed by atoms with E-state index in [1.807, 2.05) is 0 Å². The number of aliphatic hydroxyl groups is 1. The van der Waals surface area contributed by atoms with Crippen LogP contribution in [0.1, 0.15) is 27.5 Å². The van der Waals surface area contributed by atoms with Crippen LogP contribution in [0.15, 0.2) is 89.4 Å². The number of carboxylic acids is 1. The summed E-state index contributed by atoms with van der Waals surface area (Å²) in [5.41, 5.74) is 1.56. The predicted octanol–water partition coefficient (Wildman–Crippen LogP) is 3.09. The zero-order chi connectivity index (χ0) is 23.8. The van der Waals surface area contributed by atoms with Crippen molar-refractivity contribution < 1.29 is 24.6 Å². The molecule has 0 aromatic heterocycles. The van der Waals surface area contributed by atoms with E-state index < -0.39 is 36.0 Å². The number of rotatable bonds is 9. The summed E-state index contributed by atoms with van der Waals surface area (Å²) >= 11 is 3.37. The molecule has 3 atom stereocenters. The molecular weight excluding hydrogens is 488 g/mol. The average molecular weight is 511 g/mol. The molecule has 170 valence electrons. The van der Waals surface area contributed by atoms with Crippen molar-refractivity contribution in [3.63, 3.8) is 0 Å². The lowest BCUT2D eigenvalue weighted by atomic mass is 9.99. The first kappa shape index (κ1) is 24.2. The minimum atomic E-state index is -1.72. The summed E-state index contributed by atoms with van der Waals surface area (Å²) in [5, 5.41) is 25.6. The second kappa shape index (κ2) is 11.4. The number of halogens is 1. The largest absolute Gasteiger partial charge is 0.480 e. The van der Waals surface area contributed by atoms with E-state index in [1.54, 1.807) is 84.9 Å². The van der Waals surface area contributed by atoms with Crippen LogP contribution in [0.5, 0.6) is 0 Å². The molecule has 0 spiro atoms. The van der Waals surface area contributed by atoms with E-state index in [9.17, 15) is 24.6 Å². The van der Waals surface area contributed by atoms with Gasteiger partial charge in [0.1, 0.15) is 6.04 Å². The highest BCUT2D eigenvalue weighted by Gasteiger charge is 2.32. The van der Waals surface area contributed by atoms with Crippen LogP contribution < -0.4 is 10.6 Å². The Hall–Kier alpha value is -3.49. The summed E-state index contributed by atoms with van der Waals surface area (Å²) in [6.07, 6.45) is -1.71. The van der Waals surface area contributed by atoms with E-state index in [1.165, 1.54) is 0 Å². The van der Waals surface area contributed by atoms with Crippen LogP contribution >= 0.6 is 15.9 Å². The standard InChI is InChI=1S/C25H23BrN2O5/c26-19-14-8-7-13-18(19)15-20(25(32)33)27-24(31)22(29)21(16-9-3-1-4-10-16)28-23(30)17-11-5-2-6-12-17/h1-14,20-22,29H,15H2,(H,27,31)(H,28,30)(H,32,33)/t20-,21+,22-/m1/s1. The van der Waals surface area contributed by atoms with Gasteiger partial charge in [0.25, 0.3) is 11.8 Å². The summed E-state index contributed by atoms with van der Waals surface area (Å²) in [5.74, 6) is -2.62. The third-order valence-electron chi connectivity index (χ3n) is 5.06. The molecule has 7 nitrogen and oxygen atoms in total. The number of amides is 2. The van der Waals surface area contributed by atoms with Crippen molar-refractivity contribution in [1.82, 2.24) is 10.6 Å². The van der Waals surface area contributed by atoms with E-state index in [0.29, 0.717) is 21.2 Å². The fraction of sp³-hybridized carbons (Fsp3) is 0.160. The number of hydrogen-bond acceptors (Lipinski definition) is 4. The molecule has 0 bridgehead atoms.